The highest BCUT2D eigenvalue weighted by atomic mass is 19.1. The third-order valence-electron chi connectivity index (χ3n) is 1.97. The van der Waals surface area contributed by atoms with Crippen LogP contribution in [0.25, 0.3) is 5.57 Å². The van der Waals surface area contributed by atoms with Gasteiger partial charge in [0.15, 0.2) is 11.6 Å². The molecule has 0 aliphatic rings. The van der Waals surface area contributed by atoms with E-state index in [1.165, 1.54) is 19.2 Å². The summed E-state index contributed by atoms with van der Waals surface area (Å²) < 4.78 is 18.2. The lowest BCUT2D eigenvalue weighted by molar-refractivity contribution is 0.386. The SMILES string of the molecule is COc1ccc(/C(C#N)=C/N(C)C)cc1F. The number of nitrogens with zero attached hydrogens (tertiary/aromatic N) is 2. The van der Waals surface area contributed by atoms with Gasteiger partial charge in [0.25, 0.3) is 0 Å². The Morgan fingerprint density at radius 3 is 2.62 bits per heavy atom. The summed E-state index contributed by atoms with van der Waals surface area (Å²) in [5, 5.41) is 8.95. The summed E-state index contributed by atoms with van der Waals surface area (Å²) >= 11 is 0. The fourth-order valence-electron chi connectivity index (χ4n) is 1.26. The molecular weight excluding hydrogens is 207 g/mol. The predicted molar refractivity (Wildman–Crippen MR) is 60.2 cm³/mol. The lowest BCUT2D eigenvalue weighted by atomic mass is 10.1. The van der Waals surface area contributed by atoms with E-state index in [9.17, 15) is 4.39 Å². The number of ether oxygens (including phenoxy) is 1. The Morgan fingerprint density at radius 1 is 1.50 bits per heavy atom. The molecule has 1 aromatic rings. The summed E-state index contributed by atoms with van der Waals surface area (Å²) in [6, 6.07) is 6.47. The van der Waals surface area contributed by atoms with Crippen LogP contribution in [-0.4, -0.2) is 26.1 Å². The average molecular weight is 220 g/mol. The zero-order valence-electron chi connectivity index (χ0n) is 9.49. The molecule has 0 amide bonds. The van der Waals surface area contributed by atoms with Gasteiger partial charge in [0.1, 0.15) is 6.07 Å². The molecule has 1 aromatic carbocycles. The van der Waals surface area contributed by atoms with Crippen LogP contribution in [0.15, 0.2) is 24.4 Å². The summed E-state index contributed by atoms with van der Waals surface area (Å²) in [7, 11) is 5.01. The molecule has 16 heavy (non-hydrogen) atoms. The van der Waals surface area contributed by atoms with E-state index in [0.29, 0.717) is 11.1 Å². The van der Waals surface area contributed by atoms with Crippen LogP contribution < -0.4 is 4.74 Å². The van der Waals surface area contributed by atoms with Crippen LogP contribution in [-0.2, 0) is 0 Å². The van der Waals surface area contributed by atoms with E-state index in [1.54, 1.807) is 31.3 Å². The van der Waals surface area contributed by atoms with Gasteiger partial charge in [-0.1, -0.05) is 0 Å². The number of allylic oxidation sites excluding steroid dienone is 1. The quantitative estimate of drug-likeness (QED) is 0.733. The number of rotatable bonds is 3. The van der Waals surface area contributed by atoms with Crippen molar-refractivity contribution in [1.29, 1.82) is 5.26 Å². The number of benzene rings is 1. The molecule has 0 saturated carbocycles. The molecule has 0 atom stereocenters. The Bertz CT molecular complexity index is 447. The maximum atomic E-state index is 13.4. The molecule has 0 fully saturated rings. The second kappa shape index (κ2) is 5.17. The van der Waals surface area contributed by atoms with Crippen molar-refractivity contribution in [2.24, 2.45) is 0 Å². The summed E-state index contributed by atoms with van der Waals surface area (Å²) in [6.07, 6.45) is 1.64. The molecule has 0 heterocycles. The van der Waals surface area contributed by atoms with Crippen molar-refractivity contribution < 1.29 is 9.13 Å². The van der Waals surface area contributed by atoms with Gasteiger partial charge >= 0.3 is 0 Å². The van der Waals surface area contributed by atoms with Crippen molar-refractivity contribution in [2.75, 3.05) is 21.2 Å². The van der Waals surface area contributed by atoms with Gasteiger partial charge < -0.3 is 9.64 Å². The van der Waals surface area contributed by atoms with E-state index in [0.717, 1.165) is 0 Å². The van der Waals surface area contributed by atoms with Crippen LogP contribution in [0.4, 0.5) is 4.39 Å². The zero-order valence-corrected chi connectivity index (χ0v) is 9.49. The highest BCUT2D eigenvalue weighted by Gasteiger charge is 2.07. The Morgan fingerprint density at radius 2 is 2.19 bits per heavy atom. The third kappa shape index (κ3) is 2.74. The number of hydrogen-bond acceptors (Lipinski definition) is 3. The summed E-state index contributed by atoms with van der Waals surface area (Å²) in [6.45, 7) is 0. The summed E-state index contributed by atoms with van der Waals surface area (Å²) in [5.74, 6) is -0.300. The molecule has 0 unspecified atom stereocenters. The zero-order chi connectivity index (χ0) is 12.1. The largest absolute Gasteiger partial charge is 0.494 e. The number of methoxy groups -OCH3 is 1. The highest BCUT2D eigenvalue weighted by molar-refractivity contribution is 5.76. The first-order valence-electron chi connectivity index (χ1n) is 4.70. The van der Waals surface area contributed by atoms with Gasteiger partial charge in [0.05, 0.1) is 12.7 Å². The molecule has 0 aliphatic carbocycles. The van der Waals surface area contributed by atoms with Crippen LogP contribution in [0.2, 0.25) is 0 Å². The van der Waals surface area contributed by atoms with Gasteiger partial charge in [0, 0.05) is 20.3 Å². The molecule has 0 aliphatic heterocycles. The first kappa shape index (κ1) is 12.1. The molecule has 1 rings (SSSR count). The molecule has 0 saturated heterocycles. The van der Waals surface area contributed by atoms with E-state index >= 15 is 0 Å². The van der Waals surface area contributed by atoms with E-state index in [2.05, 4.69) is 0 Å². The minimum absolute atomic E-state index is 0.172. The van der Waals surface area contributed by atoms with E-state index in [4.69, 9.17) is 10.00 Å². The van der Waals surface area contributed by atoms with E-state index in [1.807, 2.05) is 6.07 Å². The van der Waals surface area contributed by atoms with Gasteiger partial charge in [-0.15, -0.1) is 0 Å². The Hall–Kier alpha value is -2.02. The maximum absolute atomic E-state index is 13.4. The van der Waals surface area contributed by atoms with Crippen LogP contribution in [0.3, 0.4) is 0 Å². The molecule has 0 aromatic heterocycles. The lowest BCUT2D eigenvalue weighted by Crippen LogP contribution is -2.02. The number of nitriles is 1. The monoisotopic (exact) mass is 220 g/mol. The van der Waals surface area contributed by atoms with Gasteiger partial charge in [-0.2, -0.15) is 5.26 Å². The summed E-state index contributed by atoms with van der Waals surface area (Å²) in [5.41, 5.74) is 0.945. The van der Waals surface area contributed by atoms with Gasteiger partial charge in [0.2, 0.25) is 0 Å². The summed E-state index contributed by atoms with van der Waals surface area (Å²) in [4.78, 5) is 1.74. The van der Waals surface area contributed by atoms with E-state index < -0.39 is 5.82 Å². The highest BCUT2D eigenvalue weighted by Crippen LogP contribution is 2.22. The number of hydrogen-bond donors (Lipinski definition) is 0. The minimum atomic E-state index is -0.472. The maximum Gasteiger partial charge on any atom is 0.165 e. The molecule has 4 heteroatoms. The smallest absolute Gasteiger partial charge is 0.165 e. The molecule has 0 N–H and O–H groups in total. The minimum Gasteiger partial charge on any atom is -0.494 e. The van der Waals surface area contributed by atoms with Crippen molar-refractivity contribution in [2.45, 2.75) is 0 Å². The van der Waals surface area contributed by atoms with E-state index in [-0.39, 0.29) is 5.75 Å². The Labute approximate surface area is 94.4 Å². The second-order valence-electron chi connectivity index (χ2n) is 3.47. The molecular formula is C12H13FN2O. The van der Waals surface area contributed by atoms with Crippen molar-refractivity contribution in [3.8, 4) is 11.8 Å². The molecule has 0 bridgehead atoms. The van der Waals surface area contributed by atoms with Gasteiger partial charge in [-0.05, 0) is 23.8 Å². The third-order valence-corrected chi connectivity index (χ3v) is 1.97. The molecule has 84 valence electrons. The standard InChI is InChI=1S/C12H13FN2O/c1-15(2)8-10(7-14)9-4-5-12(16-3)11(13)6-9/h4-6,8H,1-3H3/b10-8+. The normalized spacial score (nSPS) is 10.8. The Balaban J connectivity index is 3.14. The predicted octanol–water partition coefficient (Wildman–Crippen LogP) is 2.26. The first-order valence-corrected chi connectivity index (χ1v) is 4.70. The fourth-order valence-corrected chi connectivity index (χ4v) is 1.26. The van der Waals surface area contributed by atoms with Crippen LogP contribution in [0, 0.1) is 17.1 Å². The fraction of sp³-hybridized carbons (Fsp3) is 0.250. The van der Waals surface area contributed by atoms with Crippen LogP contribution >= 0.6 is 0 Å². The van der Waals surface area contributed by atoms with Crippen molar-refractivity contribution in [3.63, 3.8) is 0 Å². The van der Waals surface area contributed by atoms with Crippen molar-refractivity contribution in [1.82, 2.24) is 4.90 Å². The average Bonchev–Trinajstić information content (AvgIpc) is 2.25. The second-order valence-corrected chi connectivity index (χ2v) is 3.47. The first-order chi connectivity index (χ1) is 7.58. The van der Waals surface area contributed by atoms with Crippen molar-refractivity contribution >= 4 is 5.57 Å². The Kier molecular flexibility index (Phi) is 3.90. The van der Waals surface area contributed by atoms with Crippen LogP contribution in [0.1, 0.15) is 5.56 Å². The molecule has 0 radical (unpaired) electrons. The topological polar surface area (TPSA) is 36.3 Å². The van der Waals surface area contributed by atoms with Gasteiger partial charge in [-0.25, -0.2) is 4.39 Å². The number of halogens is 1. The van der Waals surface area contributed by atoms with Crippen molar-refractivity contribution in [3.05, 3.63) is 35.8 Å². The molecule has 0 spiro atoms. The van der Waals surface area contributed by atoms with Crippen LogP contribution in [0.5, 0.6) is 5.75 Å². The lowest BCUT2D eigenvalue weighted by Gasteiger charge is -2.08. The van der Waals surface area contributed by atoms with Gasteiger partial charge in [-0.3, -0.25) is 0 Å². The molecule has 3 nitrogen and oxygen atoms in total.